The molecule has 0 saturated heterocycles. The zero-order chi connectivity index (χ0) is 21.7. The van der Waals surface area contributed by atoms with Crippen molar-refractivity contribution in [1.29, 1.82) is 0 Å². The lowest BCUT2D eigenvalue weighted by atomic mass is 10.2. The smallest absolute Gasteiger partial charge is 0.339 e. The molecular formula is C18H13N3O8S. The highest BCUT2D eigenvalue weighted by atomic mass is 32.2. The van der Waals surface area contributed by atoms with Crippen LogP contribution >= 0.6 is 0 Å². The summed E-state index contributed by atoms with van der Waals surface area (Å²) in [5.74, 6) is -1.43. The highest BCUT2D eigenvalue weighted by Gasteiger charge is 2.20. The number of furan rings is 1. The van der Waals surface area contributed by atoms with Crippen LogP contribution in [-0.2, 0) is 10.1 Å². The number of hydrogen-bond acceptors (Lipinski definition) is 8. The zero-order valence-corrected chi connectivity index (χ0v) is 15.8. The summed E-state index contributed by atoms with van der Waals surface area (Å²) in [6.45, 7) is 0. The van der Waals surface area contributed by atoms with Gasteiger partial charge in [0.05, 0.1) is 11.2 Å². The normalized spacial score (nSPS) is 10.8. The van der Waals surface area contributed by atoms with E-state index < -0.39 is 32.5 Å². The zero-order valence-electron chi connectivity index (χ0n) is 15.0. The second-order valence-corrected chi connectivity index (χ2v) is 7.25. The van der Waals surface area contributed by atoms with Crippen molar-refractivity contribution in [2.75, 3.05) is 0 Å². The fourth-order valence-electron chi connectivity index (χ4n) is 2.24. The van der Waals surface area contributed by atoms with Gasteiger partial charge in [0, 0.05) is 17.7 Å². The van der Waals surface area contributed by atoms with Crippen LogP contribution in [0.3, 0.4) is 0 Å². The van der Waals surface area contributed by atoms with Crippen LogP contribution in [0, 0.1) is 10.1 Å². The van der Waals surface area contributed by atoms with E-state index in [-0.39, 0.29) is 22.0 Å². The molecule has 0 bridgehead atoms. The van der Waals surface area contributed by atoms with E-state index in [9.17, 15) is 28.1 Å². The van der Waals surface area contributed by atoms with Crippen molar-refractivity contribution in [3.63, 3.8) is 0 Å². The number of nitro benzene ring substituents is 1. The van der Waals surface area contributed by atoms with Gasteiger partial charge in [-0.1, -0.05) is 6.07 Å². The van der Waals surface area contributed by atoms with Crippen molar-refractivity contribution in [2.45, 2.75) is 4.90 Å². The standard InChI is InChI=1S/C18H13N3O8S/c22-17(19-20-18(23)16-5-2-10-28-16)12-6-8-14(9-7-12)29-30(26,27)15-4-1-3-13(11-15)21(24)25/h1-11H,(H,19,22)(H,20,23). The van der Waals surface area contributed by atoms with E-state index >= 15 is 0 Å². The molecule has 1 heterocycles. The maximum Gasteiger partial charge on any atom is 0.339 e. The van der Waals surface area contributed by atoms with Crippen LogP contribution in [0.5, 0.6) is 5.75 Å². The van der Waals surface area contributed by atoms with E-state index in [2.05, 4.69) is 10.9 Å². The molecule has 0 radical (unpaired) electrons. The van der Waals surface area contributed by atoms with Gasteiger partial charge in [-0.25, -0.2) is 0 Å². The third-order valence-electron chi connectivity index (χ3n) is 3.67. The molecule has 0 aliphatic heterocycles. The van der Waals surface area contributed by atoms with E-state index in [0.717, 1.165) is 18.2 Å². The average Bonchev–Trinajstić information content (AvgIpc) is 3.27. The highest BCUT2D eigenvalue weighted by molar-refractivity contribution is 7.87. The predicted molar refractivity (Wildman–Crippen MR) is 101 cm³/mol. The minimum absolute atomic E-state index is 0.00500. The Morgan fingerprint density at radius 2 is 1.67 bits per heavy atom. The van der Waals surface area contributed by atoms with Crippen LogP contribution in [-0.4, -0.2) is 25.2 Å². The highest BCUT2D eigenvalue weighted by Crippen LogP contribution is 2.22. The fourth-order valence-corrected chi connectivity index (χ4v) is 3.22. The Kier molecular flexibility index (Phi) is 5.78. The van der Waals surface area contributed by atoms with Crippen LogP contribution in [0.2, 0.25) is 0 Å². The van der Waals surface area contributed by atoms with Crippen molar-refractivity contribution < 1.29 is 31.5 Å². The fraction of sp³-hybridized carbons (Fsp3) is 0. The lowest BCUT2D eigenvalue weighted by Gasteiger charge is -2.09. The molecule has 2 aromatic carbocycles. The number of hydrazine groups is 1. The molecular weight excluding hydrogens is 418 g/mol. The molecule has 154 valence electrons. The molecule has 1 aromatic heterocycles. The number of hydrogen-bond donors (Lipinski definition) is 2. The summed E-state index contributed by atoms with van der Waals surface area (Å²) < 4.78 is 34.4. The Morgan fingerprint density at radius 1 is 0.967 bits per heavy atom. The lowest BCUT2D eigenvalue weighted by Crippen LogP contribution is -2.41. The third kappa shape index (κ3) is 4.80. The molecule has 0 aliphatic carbocycles. The Balaban J connectivity index is 1.65. The molecule has 30 heavy (non-hydrogen) atoms. The first kappa shape index (κ1) is 20.5. The van der Waals surface area contributed by atoms with E-state index in [0.29, 0.717) is 0 Å². The number of amides is 2. The van der Waals surface area contributed by atoms with Gasteiger partial charge in [-0.05, 0) is 42.5 Å². The number of carbonyl (C=O) groups excluding carboxylic acids is 2. The molecule has 0 spiro atoms. The Labute approximate surface area is 169 Å². The van der Waals surface area contributed by atoms with Crippen molar-refractivity contribution in [3.8, 4) is 5.75 Å². The van der Waals surface area contributed by atoms with Crippen molar-refractivity contribution >= 4 is 27.6 Å². The second kappa shape index (κ2) is 8.45. The van der Waals surface area contributed by atoms with Gasteiger partial charge >= 0.3 is 16.0 Å². The molecule has 0 saturated carbocycles. The van der Waals surface area contributed by atoms with Crippen LogP contribution in [0.15, 0.2) is 76.2 Å². The number of benzene rings is 2. The summed E-state index contributed by atoms with van der Waals surface area (Å²) in [5, 5.41) is 10.8. The minimum atomic E-state index is -4.32. The number of nitro groups is 1. The van der Waals surface area contributed by atoms with Gasteiger partial charge in [0.15, 0.2) is 5.76 Å². The maximum atomic E-state index is 12.3. The molecule has 2 N–H and O–H groups in total. The maximum absolute atomic E-state index is 12.3. The molecule has 11 nitrogen and oxygen atoms in total. The van der Waals surface area contributed by atoms with Crippen molar-refractivity contribution in [2.24, 2.45) is 0 Å². The SMILES string of the molecule is O=C(NNC(=O)c1ccco1)c1ccc(OS(=O)(=O)c2cccc([N+](=O)[O-])c2)cc1. The monoisotopic (exact) mass is 431 g/mol. The quantitative estimate of drug-likeness (QED) is 0.341. The summed E-state index contributed by atoms with van der Waals surface area (Å²) in [7, 11) is -4.32. The molecule has 2 amide bonds. The topological polar surface area (TPSA) is 158 Å². The van der Waals surface area contributed by atoms with Gasteiger partial charge in [-0.15, -0.1) is 0 Å². The van der Waals surface area contributed by atoms with Gasteiger partial charge in [0.2, 0.25) is 0 Å². The molecule has 12 heteroatoms. The summed E-state index contributed by atoms with van der Waals surface area (Å²) in [4.78, 5) is 33.5. The predicted octanol–water partition coefficient (Wildman–Crippen LogP) is 2.03. The number of nitrogens with one attached hydrogen (secondary N) is 2. The van der Waals surface area contributed by atoms with E-state index in [1.807, 2.05) is 0 Å². The van der Waals surface area contributed by atoms with E-state index in [1.54, 1.807) is 0 Å². The first-order valence-electron chi connectivity index (χ1n) is 8.19. The molecule has 0 fully saturated rings. The van der Waals surface area contributed by atoms with E-state index in [4.69, 9.17) is 8.60 Å². The lowest BCUT2D eigenvalue weighted by molar-refractivity contribution is -0.385. The molecule has 3 rings (SSSR count). The van der Waals surface area contributed by atoms with Gasteiger partial charge in [0.25, 0.3) is 11.6 Å². The Morgan fingerprint density at radius 3 is 2.30 bits per heavy atom. The molecule has 0 atom stereocenters. The first-order valence-corrected chi connectivity index (χ1v) is 9.60. The van der Waals surface area contributed by atoms with E-state index in [1.165, 1.54) is 48.7 Å². The van der Waals surface area contributed by atoms with Gasteiger partial charge < -0.3 is 8.60 Å². The first-order chi connectivity index (χ1) is 14.3. The summed E-state index contributed by atoms with van der Waals surface area (Å²) in [6, 6.07) is 12.3. The van der Waals surface area contributed by atoms with Gasteiger partial charge in [-0.3, -0.25) is 30.6 Å². The summed E-state index contributed by atoms with van der Waals surface area (Å²) in [5.41, 5.74) is 4.04. The van der Waals surface area contributed by atoms with Gasteiger partial charge in [0.1, 0.15) is 10.6 Å². The minimum Gasteiger partial charge on any atom is -0.459 e. The van der Waals surface area contributed by atoms with Crippen molar-refractivity contribution in [3.05, 3.63) is 88.4 Å². The van der Waals surface area contributed by atoms with Crippen LogP contribution in [0.25, 0.3) is 0 Å². The summed E-state index contributed by atoms with van der Waals surface area (Å²) >= 11 is 0. The largest absolute Gasteiger partial charge is 0.459 e. The third-order valence-corrected chi connectivity index (χ3v) is 4.92. The average molecular weight is 431 g/mol. The second-order valence-electron chi connectivity index (χ2n) is 5.70. The molecule has 0 unspecified atom stereocenters. The van der Waals surface area contributed by atoms with Crippen LogP contribution in [0.4, 0.5) is 5.69 Å². The van der Waals surface area contributed by atoms with Crippen LogP contribution in [0.1, 0.15) is 20.9 Å². The number of nitrogens with zero attached hydrogens (tertiary/aromatic N) is 1. The Hall–Kier alpha value is -4.19. The number of carbonyl (C=O) groups is 2. The summed E-state index contributed by atoms with van der Waals surface area (Å²) in [6.07, 6.45) is 1.30. The Bertz CT molecular complexity index is 1190. The number of non-ortho nitro benzene ring substituents is 1. The number of rotatable bonds is 6. The van der Waals surface area contributed by atoms with Crippen molar-refractivity contribution in [1.82, 2.24) is 10.9 Å². The molecule has 0 aliphatic rings. The molecule has 3 aromatic rings. The van der Waals surface area contributed by atoms with Gasteiger partial charge in [-0.2, -0.15) is 8.42 Å². The van der Waals surface area contributed by atoms with Crippen LogP contribution < -0.4 is 15.0 Å².